The summed E-state index contributed by atoms with van der Waals surface area (Å²) in [5.41, 5.74) is 3.85. The smallest absolute Gasteiger partial charge is 0.290 e. The second-order valence-corrected chi connectivity index (χ2v) is 12.3. The van der Waals surface area contributed by atoms with Gasteiger partial charge in [0.05, 0.1) is 18.1 Å². The summed E-state index contributed by atoms with van der Waals surface area (Å²) in [6, 6.07) is 40.5. The van der Waals surface area contributed by atoms with Gasteiger partial charge in [0, 0.05) is 17.8 Å². The van der Waals surface area contributed by atoms with Gasteiger partial charge in [0.15, 0.2) is 6.61 Å². The van der Waals surface area contributed by atoms with Gasteiger partial charge in [-0.25, -0.2) is 4.98 Å². The minimum atomic E-state index is -1.13. The van der Waals surface area contributed by atoms with Gasteiger partial charge in [-0.15, -0.1) is 0 Å². The number of rotatable bonds is 13. The second-order valence-electron chi connectivity index (χ2n) is 11.2. The number of ether oxygens (including phenoxy) is 2. The normalized spacial score (nSPS) is 15.0. The molecule has 2 amide bonds. The molecule has 4 aromatic carbocycles. The van der Waals surface area contributed by atoms with E-state index in [9.17, 15) is 9.59 Å². The number of methoxy groups -OCH3 is 1. The van der Waals surface area contributed by atoms with Crippen molar-refractivity contribution in [1.29, 1.82) is 0 Å². The van der Waals surface area contributed by atoms with Crippen LogP contribution in [0.1, 0.15) is 34.7 Å². The highest BCUT2D eigenvalue weighted by molar-refractivity contribution is 8.15. The van der Waals surface area contributed by atoms with Crippen molar-refractivity contribution in [2.75, 3.05) is 20.3 Å². The number of pyridine rings is 1. The van der Waals surface area contributed by atoms with E-state index in [4.69, 9.17) is 14.3 Å². The van der Waals surface area contributed by atoms with Crippen LogP contribution >= 0.6 is 11.8 Å². The maximum absolute atomic E-state index is 14.4. The third-order valence-electron chi connectivity index (χ3n) is 8.18. The Balaban J connectivity index is 1.14. The quantitative estimate of drug-likeness (QED) is 0.0560. The Labute approximate surface area is 284 Å². The van der Waals surface area contributed by atoms with Gasteiger partial charge < -0.3 is 14.3 Å². The Bertz CT molecular complexity index is 1760. The van der Waals surface area contributed by atoms with E-state index < -0.39 is 10.8 Å². The fourth-order valence-corrected chi connectivity index (χ4v) is 6.92. The maximum Gasteiger partial charge on any atom is 0.290 e. The summed E-state index contributed by atoms with van der Waals surface area (Å²) < 4.78 is 10.9. The van der Waals surface area contributed by atoms with Crippen LogP contribution in [-0.4, -0.2) is 52.3 Å². The van der Waals surface area contributed by atoms with Gasteiger partial charge in [0.2, 0.25) is 11.8 Å². The summed E-state index contributed by atoms with van der Waals surface area (Å²) in [4.78, 5) is 39.4. The van der Waals surface area contributed by atoms with Crippen LogP contribution in [0.25, 0.3) is 0 Å². The monoisotopic (exact) mass is 657 g/mol. The standard InChI is InChI=1S/C39H35N3O5S/c1-28(30-20-23-36(45-2)40-27-30)41-47-25-24-46-34-21-18-29(19-22-34)26-35-37(43)42(38(44)48-35)39(31-12-6-3-7-13-31,32-14-8-4-9-15-32)33-16-10-5-11-17-33/h3-23,27,35H,24-26H2,1-2H3/b41-28-. The zero-order chi connectivity index (χ0) is 33.3. The summed E-state index contributed by atoms with van der Waals surface area (Å²) in [7, 11) is 1.57. The molecular weight excluding hydrogens is 623 g/mol. The van der Waals surface area contributed by atoms with Crippen LogP contribution in [-0.2, 0) is 21.6 Å². The van der Waals surface area contributed by atoms with Crippen molar-refractivity contribution in [2.45, 2.75) is 24.1 Å². The minimum Gasteiger partial charge on any atom is -0.490 e. The largest absolute Gasteiger partial charge is 0.490 e. The maximum atomic E-state index is 14.4. The Morgan fingerprint density at radius 2 is 1.38 bits per heavy atom. The Kier molecular flexibility index (Phi) is 10.2. The van der Waals surface area contributed by atoms with E-state index in [0.29, 0.717) is 30.4 Å². The van der Waals surface area contributed by atoms with Crippen molar-refractivity contribution in [3.8, 4) is 11.6 Å². The minimum absolute atomic E-state index is 0.222. The first-order valence-electron chi connectivity index (χ1n) is 15.6. The molecule has 9 heteroatoms. The fourth-order valence-electron chi connectivity index (χ4n) is 5.86. The highest BCUT2D eigenvalue weighted by Crippen LogP contribution is 2.47. The van der Waals surface area contributed by atoms with E-state index >= 15 is 0 Å². The molecule has 48 heavy (non-hydrogen) atoms. The number of carbonyl (C=O) groups excluding carboxylic acids is 2. The van der Waals surface area contributed by atoms with Gasteiger partial charge in [0.1, 0.15) is 17.9 Å². The molecule has 0 saturated carbocycles. The fraction of sp³-hybridized carbons (Fsp3) is 0.179. The summed E-state index contributed by atoms with van der Waals surface area (Å²) >= 11 is 1.08. The topological polar surface area (TPSA) is 90.3 Å². The van der Waals surface area contributed by atoms with Crippen molar-refractivity contribution < 1.29 is 23.9 Å². The lowest BCUT2D eigenvalue weighted by Gasteiger charge is -2.42. The Hall–Kier alpha value is -5.41. The van der Waals surface area contributed by atoms with Crippen LogP contribution in [0.2, 0.25) is 0 Å². The first kappa shape index (κ1) is 32.5. The van der Waals surface area contributed by atoms with Crippen LogP contribution in [0, 0.1) is 0 Å². The number of hydrogen-bond acceptors (Lipinski definition) is 8. The average molecular weight is 658 g/mol. The van der Waals surface area contributed by atoms with Crippen molar-refractivity contribution >= 4 is 28.6 Å². The van der Waals surface area contributed by atoms with Crippen LogP contribution < -0.4 is 9.47 Å². The van der Waals surface area contributed by atoms with Crippen LogP contribution in [0.15, 0.2) is 139 Å². The number of nitrogens with zero attached hydrogens (tertiary/aromatic N) is 3. The molecule has 0 bridgehead atoms. The lowest BCUT2D eigenvalue weighted by Crippen LogP contribution is -2.51. The number of benzene rings is 4. The molecule has 8 nitrogen and oxygen atoms in total. The molecule has 0 radical (unpaired) electrons. The predicted octanol–water partition coefficient (Wildman–Crippen LogP) is 7.51. The zero-order valence-electron chi connectivity index (χ0n) is 26.7. The number of oxime groups is 1. The average Bonchev–Trinajstić information content (AvgIpc) is 3.42. The molecule has 1 aliphatic heterocycles. The molecular formula is C39H35N3O5S. The molecule has 1 atom stereocenters. The molecule has 5 aromatic rings. The molecule has 1 unspecified atom stereocenters. The van der Waals surface area contributed by atoms with Crippen LogP contribution in [0.5, 0.6) is 11.6 Å². The van der Waals surface area contributed by atoms with E-state index in [-0.39, 0.29) is 17.8 Å². The molecule has 1 aliphatic rings. The predicted molar refractivity (Wildman–Crippen MR) is 187 cm³/mol. The van der Waals surface area contributed by atoms with E-state index in [2.05, 4.69) is 10.1 Å². The highest BCUT2D eigenvalue weighted by atomic mass is 32.2. The number of carbonyl (C=O) groups is 2. The SMILES string of the molecule is COc1ccc(/C(C)=N\OCCOc2ccc(CC3SC(=O)N(C(c4ccccc4)(c4ccccc4)c4ccccc4)C3=O)cc2)cn1. The molecule has 2 heterocycles. The summed E-state index contributed by atoms with van der Waals surface area (Å²) in [5, 5.41) is 3.29. The molecule has 1 fully saturated rings. The second kappa shape index (κ2) is 15.0. The lowest BCUT2D eigenvalue weighted by molar-refractivity contribution is -0.129. The number of hydrogen-bond donors (Lipinski definition) is 0. The van der Waals surface area contributed by atoms with Crippen molar-refractivity contribution in [3.05, 3.63) is 161 Å². The van der Waals surface area contributed by atoms with Gasteiger partial charge in [0.25, 0.3) is 5.24 Å². The molecule has 0 spiro atoms. The Morgan fingerprint density at radius 1 is 0.792 bits per heavy atom. The van der Waals surface area contributed by atoms with Gasteiger partial charge in [-0.1, -0.05) is 120 Å². The molecule has 0 aliphatic carbocycles. The van der Waals surface area contributed by atoms with Crippen molar-refractivity contribution in [1.82, 2.24) is 9.88 Å². The van der Waals surface area contributed by atoms with Gasteiger partial charge in [-0.2, -0.15) is 0 Å². The number of imide groups is 1. The Morgan fingerprint density at radius 3 is 1.90 bits per heavy atom. The number of aromatic nitrogens is 1. The van der Waals surface area contributed by atoms with E-state index in [1.54, 1.807) is 19.4 Å². The summed E-state index contributed by atoms with van der Waals surface area (Å²) in [5.74, 6) is 0.981. The first-order chi connectivity index (χ1) is 23.5. The van der Waals surface area contributed by atoms with Crippen LogP contribution in [0.4, 0.5) is 4.79 Å². The third kappa shape index (κ3) is 6.82. The summed E-state index contributed by atoms with van der Waals surface area (Å²) in [6.07, 6.45) is 2.08. The molecule has 1 saturated heterocycles. The third-order valence-corrected chi connectivity index (χ3v) is 9.22. The van der Waals surface area contributed by atoms with Gasteiger partial charge >= 0.3 is 0 Å². The lowest BCUT2D eigenvalue weighted by atomic mass is 9.75. The molecule has 6 rings (SSSR count). The zero-order valence-corrected chi connectivity index (χ0v) is 27.5. The first-order valence-corrected chi connectivity index (χ1v) is 16.5. The van der Waals surface area contributed by atoms with E-state index in [1.165, 1.54) is 4.90 Å². The van der Waals surface area contributed by atoms with Crippen molar-refractivity contribution in [3.63, 3.8) is 0 Å². The van der Waals surface area contributed by atoms with Gasteiger partial charge in [-0.3, -0.25) is 14.5 Å². The highest BCUT2D eigenvalue weighted by Gasteiger charge is 2.53. The number of amides is 2. The van der Waals surface area contributed by atoms with Crippen molar-refractivity contribution in [2.24, 2.45) is 5.16 Å². The molecule has 0 N–H and O–H groups in total. The molecule has 1 aromatic heterocycles. The van der Waals surface area contributed by atoms with Crippen LogP contribution in [0.3, 0.4) is 0 Å². The van der Waals surface area contributed by atoms with E-state index in [0.717, 1.165) is 39.6 Å². The summed E-state index contributed by atoms with van der Waals surface area (Å²) in [6.45, 7) is 2.41. The molecule has 242 valence electrons. The van der Waals surface area contributed by atoms with E-state index in [1.807, 2.05) is 128 Å². The number of thioether (sulfide) groups is 1. The van der Waals surface area contributed by atoms with Gasteiger partial charge in [-0.05, 0) is 53.8 Å².